The third kappa shape index (κ3) is 4.05. The molecule has 2 aromatic rings. The first-order valence-electron chi connectivity index (χ1n) is 9.35. The SMILES string of the molecule is Fc1cc(CNc2cc3c(c(C(F)(F)F)c2)NC2CCNCC32)cc(C(F)(F)F)c1. The Kier molecular flexibility index (Phi) is 5.08. The fourth-order valence-electron chi connectivity index (χ4n) is 4.11. The molecule has 162 valence electrons. The number of rotatable bonds is 3. The minimum absolute atomic E-state index is 0.0216. The number of hydrogen-bond donors (Lipinski definition) is 3. The molecule has 0 aromatic heterocycles. The van der Waals surface area contributed by atoms with Crippen LogP contribution in [-0.4, -0.2) is 19.1 Å². The molecule has 2 aliphatic rings. The Morgan fingerprint density at radius 3 is 2.43 bits per heavy atom. The van der Waals surface area contributed by atoms with Gasteiger partial charge in [-0.15, -0.1) is 0 Å². The second-order valence-corrected chi connectivity index (χ2v) is 7.54. The molecule has 0 amide bonds. The zero-order valence-corrected chi connectivity index (χ0v) is 15.5. The van der Waals surface area contributed by atoms with Gasteiger partial charge >= 0.3 is 12.4 Å². The van der Waals surface area contributed by atoms with Crippen molar-refractivity contribution in [2.45, 2.75) is 37.3 Å². The van der Waals surface area contributed by atoms with Crippen molar-refractivity contribution in [3.63, 3.8) is 0 Å². The molecule has 30 heavy (non-hydrogen) atoms. The molecule has 10 heteroatoms. The van der Waals surface area contributed by atoms with Gasteiger partial charge in [0.2, 0.25) is 0 Å². The van der Waals surface area contributed by atoms with Crippen LogP contribution in [-0.2, 0) is 18.9 Å². The Morgan fingerprint density at radius 1 is 0.967 bits per heavy atom. The minimum atomic E-state index is -4.72. The molecule has 0 radical (unpaired) electrons. The molecule has 0 spiro atoms. The highest BCUT2D eigenvalue weighted by atomic mass is 19.4. The molecule has 0 saturated carbocycles. The summed E-state index contributed by atoms with van der Waals surface area (Å²) in [5.74, 6) is -1.20. The quantitative estimate of drug-likeness (QED) is 0.572. The molecule has 3 N–H and O–H groups in total. The van der Waals surface area contributed by atoms with Gasteiger partial charge in [0.05, 0.1) is 16.8 Å². The van der Waals surface area contributed by atoms with E-state index in [1.165, 1.54) is 0 Å². The van der Waals surface area contributed by atoms with Crippen LogP contribution in [0, 0.1) is 5.82 Å². The summed E-state index contributed by atoms with van der Waals surface area (Å²) < 4.78 is 93.1. The van der Waals surface area contributed by atoms with Gasteiger partial charge in [-0.25, -0.2) is 4.39 Å². The van der Waals surface area contributed by atoms with Crippen LogP contribution in [0.5, 0.6) is 0 Å². The highest BCUT2D eigenvalue weighted by Gasteiger charge is 2.42. The van der Waals surface area contributed by atoms with Gasteiger partial charge in [-0.05, 0) is 54.4 Å². The molecular weight excluding hydrogens is 415 g/mol. The Labute approximate surface area is 167 Å². The number of benzene rings is 2. The van der Waals surface area contributed by atoms with E-state index in [1.807, 2.05) is 0 Å². The maximum absolute atomic E-state index is 13.6. The Morgan fingerprint density at radius 2 is 1.73 bits per heavy atom. The molecule has 1 fully saturated rings. The van der Waals surface area contributed by atoms with Crippen molar-refractivity contribution in [2.24, 2.45) is 0 Å². The highest BCUT2D eigenvalue weighted by molar-refractivity contribution is 5.71. The van der Waals surface area contributed by atoms with E-state index in [0.717, 1.165) is 18.2 Å². The van der Waals surface area contributed by atoms with Gasteiger partial charge in [-0.2, -0.15) is 26.3 Å². The average Bonchev–Trinajstić information content (AvgIpc) is 3.02. The summed E-state index contributed by atoms with van der Waals surface area (Å²) >= 11 is 0. The van der Waals surface area contributed by atoms with Crippen LogP contribution < -0.4 is 16.0 Å². The number of hydrogen-bond acceptors (Lipinski definition) is 3. The molecule has 2 aliphatic heterocycles. The van der Waals surface area contributed by atoms with Crippen LogP contribution in [0.25, 0.3) is 0 Å². The minimum Gasteiger partial charge on any atom is -0.381 e. The number of fused-ring (bicyclic) bond motifs is 3. The fraction of sp³-hybridized carbons (Fsp3) is 0.400. The predicted molar refractivity (Wildman–Crippen MR) is 97.8 cm³/mol. The second kappa shape index (κ2) is 7.33. The lowest BCUT2D eigenvalue weighted by Gasteiger charge is -2.26. The maximum Gasteiger partial charge on any atom is 0.418 e. The average molecular weight is 433 g/mol. The first-order valence-corrected chi connectivity index (χ1v) is 9.35. The van der Waals surface area contributed by atoms with Crippen molar-refractivity contribution < 1.29 is 30.7 Å². The van der Waals surface area contributed by atoms with Crippen molar-refractivity contribution in [1.29, 1.82) is 0 Å². The van der Waals surface area contributed by atoms with E-state index >= 15 is 0 Å². The summed E-state index contributed by atoms with van der Waals surface area (Å²) in [6.07, 6.45) is -8.64. The van der Waals surface area contributed by atoms with Crippen molar-refractivity contribution >= 4 is 11.4 Å². The van der Waals surface area contributed by atoms with Crippen molar-refractivity contribution in [1.82, 2.24) is 5.32 Å². The van der Waals surface area contributed by atoms with Crippen LogP contribution in [0.4, 0.5) is 42.1 Å². The van der Waals surface area contributed by atoms with Crippen molar-refractivity contribution in [3.05, 3.63) is 58.4 Å². The van der Waals surface area contributed by atoms with E-state index in [2.05, 4.69) is 16.0 Å². The van der Waals surface area contributed by atoms with Gasteiger partial charge in [0.1, 0.15) is 5.82 Å². The van der Waals surface area contributed by atoms with Crippen molar-refractivity contribution in [3.8, 4) is 0 Å². The molecule has 4 rings (SSSR count). The summed E-state index contributed by atoms with van der Waals surface area (Å²) in [7, 11) is 0. The summed E-state index contributed by atoms with van der Waals surface area (Å²) in [6, 6.07) is 4.48. The van der Waals surface area contributed by atoms with Crippen LogP contribution in [0.1, 0.15) is 34.6 Å². The van der Waals surface area contributed by atoms with Gasteiger partial charge in [0.15, 0.2) is 0 Å². The van der Waals surface area contributed by atoms with Gasteiger partial charge < -0.3 is 16.0 Å². The van der Waals surface area contributed by atoms with E-state index in [4.69, 9.17) is 0 Å². The summed E-state index contributed by atoms with van der Waals surface area (Å²) in [5, 5.41) is 8.87. The number of alkyl halides is 6. The van der Waals surface area contributed by atoms with Gasteiger partial charge in [-0.1, -0.05) is 0 Å². The van der Waals surface area contributed by atoms with Crippen LogP contribution in [0.2, 0.25) is 0 Å². The lowest BCUT2D eigenvalue weighted by atomic mass is 9.89. The zero-order valence-electron chi connectivity index (χ0n) is 15.5. The molecule has 1 saturated heterocycles. The third-order valence-corrected chi connectivity index (χ3v) is 5.47. The first kappa shape index (κ1) is 20.8. The summed E-state index contributed by atoms with van der Waals surface area (Å²) in [5.41, 5.74) is -1.31. The molecular formula is C20H18F7N3. The summed E-state index contributed by atoms with van der Waals surface area (Å²) in [6.45, 7) is 0.983. The lowest BCUT2D eigenvalue weighted by Crippen LogP contribution is -2.38. The Bertz CT molecular complexity index is 953. The van der Waals surface area contributed by atoms with E-state index in [9.17, 15) is 30.7 Å². The van der Waals surface area contributed by atoms with Gasteiger partial charge in [-0.3, -0.25) is 0 Å². The number of anilines is 2. The Hall–Kier alpha value is -2.49. The maximum atomic E-state index is 13.6. The van der Waals surface area contributed by atoms with E-state index < -0.39 is 29.3 Å². The molecule has 0 bridgehead atoms. The molecule has 0 aliphatic carbocycles. The number of halogens is 7. The number of piperidine rings is 1. The summed E-state index contributed by atoms with van der Waals surface area (Å²) in [4.78, 5) is 0. The van der Waals surface area contributed by atoms with Gasteiger partial charge in [0.25, 0.3) is 0 Å². The predicted octanol–water partition coefficient (Wildman–Crippen LogP) is 5.35. The monoisotopic (exact) mass is 433 g/mol. The molecule has 2 aromatic carbocycles. The topological polar surface area (TPSA) is 36.1 Å². The standard InChI is InChI=1S/C20H18F7N3/c21-12-4-10(3-11(5-12)19(22,23)24)8-29-13-6-14-15-9-28-2-1-17(15)30-18(14)16(7-13)20(25,26)27/h3-7,15,17,28-30H,1-2,8-9H2. The molecule has 3 nitrogen and oxygen atoms in total. The van der Waals surface area contributed by atoms with E-state index in [0.29, 0.717) is 31.1 Å². The smallest absolute Gasteiger partial charge is 0.381 e. The first-order chi connectivity index (χ1) is 14.0. The van der Waals surface area contributed by atoms with E-state index in [-0.39, 0.29) is 35.4 Å². The van der Waals surface area contributed by atoms with Crippen LogP contribution >= 0.6 is 0 Å². The zero-order chi connectivity index (χ0) is 21.7. The largest absolute Gasteiger partial charge is 0.418 e. The normalized spacial score (nSPS) is 21.0. The van der Waals surface area contributed by atoms with Crippen LogP contribution in [0.15, 0.2) is 30.3 Å². The number of nitrogens with one attached hydrogen (secondary N) is 3. The fourth-order valence-corrected chi connectivity index (χ4v) is 4.11. The second-order valence-electron chi connectivity index (χ2n) is 7.54. The molecule has 2 unspecified atom stereocenters. The van der Waals surface area contributed by atoms with E-state index in [1.54, 1.807) is 6.07 Å². The molecule has 2 atom stereocenters. The lowest BCUT2D eigenvalue weighted by molar-refractivity contribution is -0.138. The highest BCUT2D eigenvalue weighted by Crippen LogP contribution is 2.47. The molecule has 2 heterocycles. The third-order valence-electron chi connectivity index (χ3n) is 5.47. The van der Waals surface area contributed by atoms with Crippen molar-refractivity contribution in [2.75, 3.05) is 23.7 Å². The van der Waals surface area contributed by atoms with Gasteiger partial charge in [0, 0.05) is 30.7 Å². The Balaban J connectivity index is 1.64. The van der Waals surface area contributed by atoms with Crippen LogP contribution in [0.3, 0.4) is 0 Å².